The number of benzene rings is 5. The molecule has 11 rings (SSSR count). The van der Waals surface area contributed by atoms with Crippen molar-refractivity contribution < 1.29 is 4.74 Å². The van der Waals surface area contributed by atoms with Gasteiger partial charge in [0.25, 0.3) is 0 Å². The SMILES string of the molecule is C1=Nc2c(cccc2Oc2cccc3c2-c2nc-3nc3[nH]c(nc4nc(nc5[nH]c(n2)c2ccccc52)-c2ccccc2-4)c2ccccc32)CC1. The molecule has 0 amide bonds. The summed E-state index contributed by atoms with van der Waals surface area (Å²) < 4.78 is 6.70. The van der Waals surface area contributed by atoms with Crippen LogP contribution in [0.3, 0.4) is 0 Å². The zero-order valence-electron chi connectivity index (χ0n) is 26.9. The van der Waals surface area contributed by atoms with Crippen molar-refractivity contribution in [1.82, 2.24) is 39.9 Å². The number of hydrogen-bond donors (Lipinski definition) is 2. The van der Waals surface area contributed by atoms with Crippen molar-refractivity contribution >= 4 is 56.0 Å². The summed E-state index contributed by atoms with van der Waals surface area (Å²) in [5, 5.41) is 3.65. The summed E-state index contributed by atoms with van der Waals surface area (Å²) in [5.74, 6) is 3.41. The van der Waals surface area contributed by atoms with Crippen LogP contribution in [0.5, 0.6) is 11.5 Å². The fourth-order valence-electron chi connectivity index (χ4n) is 7.23. The van der Waals surface area contributed by atoms with Gasteiger partial charge in [-0.25, -0.2) is 29.9 Å². The molecule has 0 fully saturated rings. The summed E-state index contributed by atoms with van der Waals surface area (Å²) in [7, 11) is 0. The fourth-order valence-corrected chi connectivity index (χ4v) is 7.23. The molecule has 0 atom stereocenters. The third-order valence-corrected chi connectivity index (χ3v) is 9.61. The number of fused-ring (bicyclic) bond motifs is 21. The summed E-state index contributed by atoms with van der Waals surface area (Å²) in [6, 6.07) is 36.1. The maximum Gasteiger partial charge on any atom is 0.168 e. The number of nitrogens with zero attached hydrogens (tertiary/aromatic N) is 7. The molecule has 51 heavy (non-hydrogen) atoms. The molecule has 8 aromatic rings. The molecule has 0 aliphatic carbocycles. The van der Waals surface area contributed by atoms with E-state index >= 15 is 0 Å². The van der Waals surface area contributed by atoms with E-state index < -0.39 is 0 Å². The van der Waals surface area contributed by atoms with Crippen LogP contribution in [-0.4, -0.2) is 46.1 Å². The molecule has 10 heteroatoms. The Morgan fingerprint density at radius 1 is 0.451 bits per heavy atom. The molecule has 0 radical (unpaired) electrons. The van der Waals surface area contributed by atoms with Crippen LogP contribution in [-0.2, 0) is 6.42 Å². The molecule has 3 aliphatic heterocycles. The number of aromatic amines is 2. The Morgan fingerprint density at radius 3 is 1.57 bits per heavy atom. The first-order chi connectivity index (χ1) is 25.2. The molecule has 5 aromatic carbocycles. The Bertz CT molecular complexity index is 2970. The van der Waals surface area contributed by atoms with Gasteiger partial charge in [0, 0.05) is 44.4 Å². The zero-order chi connectivity index (χ0) is 33.5. The van der Waals surface area contributed by atoms with Gasteiger partial charge < -0.3 is 14.7 Å². The molecule has 0 spiro atoms. The average molecular weight is 660 g/mol. The van der Waals surface area contributed by atoms with Gasteiger partial charge in [0.2, 0.25) is 0 Å². The van der Waals surface area contributed by atoms with E-state index in [2.05, 4.69) is 16.0 Å². The van der Waals surface area contributed by atoms with Gasteiger partial charge in [-0.2, -0.15) is 0 Å². The minimum atomic E-state index is 0.471. The van der Waals surface area contributed by atoms with E-state index in [1.54, 1.807) is 0 Å². The van der Waals surface area contributed by atoms with E-state index in [4.69, 9.17) is 39.6 Å². The van der Waals surface area contributed by atoms with Crippen molar-refractivity contribution in [3.8, 4) is 57.1 Å². The Hall–Kier alpha value is -7.07. The molecular weight excluding hydrogens is 635 g/mol. The lowest BCUT2D eigenvalue weighted by Gasteiger charge is -2.16. The highest BCUT2D eigenvalue weighted by atomic mass is 16.5. The molecule has 10 nitrogen and oxygen atoms in total. The molecule has 3 aromatic heterocycles. The number of rotatable bonds is 2. The number of ether oxygens (including phenoxy) is 1. The number of nitrogens with one attached hydrogen (secondary N) is 2. The molecule has 2 N–H and O–H groups in total. The van der Waals surface area contributed by atoms with Gasteiger partial charge in [-0.15, -0.1) is 0 Å². The van der Waals surface area contributed by atoms with E-state index in [9.17, 15) is 0 Å². The van der Waals surface area contributed by atoms with E-state index in [1.807, 2.05) is 109 Å². The molecule has 0 saturated carbocycles. The second kappa shape index (κ2) is 10.7. The standard InChI is InChI=1S/C41H25N9O/c1-2-13-24-23(12-1)34-43-35(24)45-37-27-16-5-6-17-28(27)39(47-37)49-41-32-29(40(50-41)48-38-26-15-4-3-14-25(26)36(44-34)46-38)18-8-19-30(32)51-31-20-7-10-22-11-9-21-42-33(22)31/h1-8,10,12-21H,9,11H2,(H2,43,44,45,46,47,48,49,50). The third kappa shape index (κ3) is 4.33. The van der Waals surface area contributed by atoms with Crippen molar-refractivity contribution in [3.63, 3.8) is 0 Å². The van der Waals surface area contributed by atoms with Crippen LogP contribution >= 0.6 is 0 Å². The first kappa shape index (κ1) is 27.8. The lowest BCUT2D eigenvalue weighted by atomic mass is 10.0. The maximum atomic E-state index is 6.70. The summed E-state index contributed by atoms with van der Waals surface area (Å²) in [6.07, 6.45) is 3.78. The molecule has 6 heterocycles. The number of hydrogen-bond acceptors (Lipinski definition) is 8. The van der Waals surface area contributed by atoms with Crippen LogP contribution in [0.2, 0.25) is 0 Å². The molecule has 240 valence electrons. The van der Waals surface area contributed by atoms with Crippen LogP contribution in [0.15, 0.2) is 114 Å². The average Bonchev–Trinajstić information content (AvgIpc) is 3.91. The van der Waals surface area contributed by atoms with Gasteiger partial charge in [-0.3, -0.25) is 4.99 Å². The van der Waals surface area contributed by atoms with Crippen molar-refractivity contribution in [3.05, 3.63) is 115 Å². The molecule has 0 saturated heterocycles. The molecular formula is C41H25N9O. The predicted octanol–water partition coefficient (Wildman–Crippen LogP) is 9.31. The Kier molecular flexibility index (Phi) is 5.85. The molecule has 0 unspecified atom stereocenters. The van der Waals surface area contributed by atoms with Crippen molar-refractivity contribution in [2.75, 3.05) is 0 Å². The quantitative estimate of drug-likeness (QED) is 0.189. The van der Waals surface area contributed by atoms with Gasteiger partial charge in [0.05, 0.1) is 5.56 Å². The first-order valence-corrected chi connectivity index (χ1v) is 16.8. The number of aliphatic imine (C=N–C) groups is 1. The summed E-state index contributed by atoms with van der Waals surface area (Å²) in [5.41, 5.74) is 7.91. The van der Waals surface area contributed by atoms with Crippen molar-refractivity contribution in [2.45, 2.75) is 12.8 Å². The van der Waals surface area contributed by atoms with Crippen LogP contribution in [0.4, 0.5) is 5.69 Å². The minimum Gasteiger partial charge on any atom is -0.454 e. The van der Waals surface area contributed by atoms with Crippen LogP contribution in [0.1, 0.15) is 12.0 Å². The van der Waals surface area contributed by atoms with Crippen molar-refractivity contribution in [1.29, 1.82) is 0 Å². The molecule has 3 aliphatic rings. The largest absolute Gasteiger partial charge is 0.454 e. The Morgan fingerprint density at radius 2 is 0.941 bits per heavy atom. The van der Waals surface area contributed by atoms with E-state index in [1.165, 1.54) is 0 Å². The van der Waals surface area contributed by atoms with Gasteiger partial charge in [-0.1, -0.05) is 97.1 Å². The highest BCUT2D eigenvalue weighted by molar-refractivity contribution is 6.06. The number of aromatic nitrogens is 8. The summed E-state index contributed by atoms with van der Waals surface area (Å²) in [4.78, 5) is 42.3. The Labute approximate surface area is 289 Å². The normalized spacial score (nSPS) is 12.9. The fraction of sp³-hybridized carbons (Fsp3) is 0.0488. The zero-order valence-corrected chi connectivity index (χ0v) is 26.9. The maximum absolute atomic E-state index is 6.70. The van der Waals surface area contributed by atoms with Gasteiger partial charge in [0.15, 0.2) is 29.0 Å². The number of para-hydroxylation sites is 1. The van der Waals surface area contributed by atoms with Crippen LogP contribution < -0.4 is 4.74 Å². The Balaban J connectivity index is 1.25. The van der Waals surface area contributed by atoms with Crippen LogP contribution in [0.25, 0.3) is 89.7 Å². The van der Waals surface area contributed by atoms with Gasteiger partial charge >= 0.3 is 0 Å². The van der Waals surface area contributed by atoms with E-state index in [0.29, 0.717) is 57.4 Å². The minimum absolute atomic E-state index is 0.471. The highest BCUT2D eigenvalue weighted by Crippen LogP contribution is 2.45. The predicted molar refractivity (Wildman–Crippen MR) is 199 cm³/mol. The van der Waals surface area contributed by atoms with Crippen molar-refractivity contribution in [2.24, 2.45) is 4.99 Å². The third-order valence-electron chi connectivity index (χ3n) is 9.61. The number of aryl methyl sites for hydroxylation is 1. The second-order valence-electron chi connectivity index (χ2n) is 12.6. The number of H-pyrrole nitrogens is 2. The highest BCUT2D eigenvalue weighted by Gasteiger charge is 2.26. The first-order valence-electron chi connectivity index (χ1n) is 16.8. The lowest BCUT2D eigenvalue weighted by Crippen LogP contribution is -1.96. The summed E-state index contributed by atoms with van der Waals surface area (Å²) >= 11 is 0. The monoisotopic (exact) mass is 659 g/mol. The smallest absolute Gasteiger partial charge is 0.168 e. The molecule has 8 bridgehead atoms. The van der Waals surface area contributed by atoms with Gasteiger partial charge in [0.1, 0.15) is 34.0 Å². The van der Waals surface area contributed by atoms with E-state index in [-0.39, 0.29) is 0 Å². The summed E-state index contributed by atoms with van der Waals surface area (Å²) in [6.45, 7) is 0. The van der Waals surface area contributed by atoms with Gasteiger partial charge in [-0.05, 0) is 30.5 Å². The van der Waals surface area contributed by atoms with E-state index in [0.717, 1.165) is 67.9 Å². The second-order valence-corrected chi connectivity index (χ2v) is 12.6. The van der Waals surface area contributed by atoms with Crippen LogP contribution in [0, 0.1) is 0 Å². The topological polar surface area (TPSA) is 131 Å². The lowest BCUT2D eigenvalue weighted by molar-refractivity contribution is 0.485.